The number of aliphatic carboxylic acids is 1. The molecule has 3 amide bonds. The van der Waals surface area contributed by atoms with Gasteiger partial charge in [0.1, 0.15) is 18.1 Å². The number of guanidine groups is 1. The lowest BCUT2D eigenvalue weighted by molar-refractivity contribution is -0.149. The Bertz CT molecular complexity index is 1260. The van der Waals surface area contributed by atoms with Crippen molar-refractivity contribution in [2.24, 2.45) is 28.1 Å². The van der Waals surface area contributed by atoms with Crippen molar-refractivity contribution in [1.82, 2.24) is 20.5 Å². The molecule has 0 radical (unpaired) electrons. The van der Waals surface area contributed by atoms with Gasteiger partial charge in [-0.3, -0.25) is 19.4 Å². The third-order valence-corrected chi connectivity index (χ3v) is 7.18. The average molecular weight is 571 g/mol. The molecule has 0 spiro atoms. The molecule has 1 aliphatic rings. The number of benzene rings is 1. The van der Waals surface area contributed by atoms with Crippen molar-refractivity contribution < 1.29 is 24.3 Å². The van der Waals surface area contributed by atoms with Gasteiger partial charge in [0.05, 0.1) is 6.04 Å². The monoisotopic (exact) mass is 570 g/mol. The third kappa shape index (κ3) is 8.68. The van der Waals surface area contributed by atoms with E-state index in [4.69, 9.17) is 17.2 Å². The number of carboxylic acids is 1. The Kier molecular flexibility index (Phi) is 11.1. The Morgan fingerprint density at radius 3 is 2.51 bits per heavy atom. The predicted octanol–water partition coefficient (Wildman–Crippen LogP) is 0.183. The first kappa shape index (κ1) is 31.4. The molecule has 41 heavy (non-hydrogen) atoms. The van der Waals surface area contributed by atoms with E-state index in [0.717, 1.165) is 16.5 Å². The van der Waals surface area contributed by atoms with Gasteiger partial charge in [-0.2, -0.15) is 0 Å². The van der Waals surface area contributed by atoms with Gasteiger partial charge < -0.3 is 42.8 Å². The molecule has 13 nitrogen and oxygen atoms in total. The smallest absolute Gasteiger partial charge is 0.326 e. The Hall–Kier alpha value is -4.13. The standard InChI is InChI=1S/C28H42N8O5/c1-16(2)13-22(26(39)36-12-6-10-23(36)27(40)41)35-25(38)21(14-17-15-33-20-9-4-3-7-18(17)20)34-24(37)19(29)8-5-11-32-28(30)31/h3-4,7,9,15-16,19,21-23,33H,5-6,8,10-14,29H2,1-2H3,(H,34,37)(H,35,38)(H,40,41)(H4,30,31,32). The molecule has 1 aromatic carbocycles. The highest BCUT2D eigenvalue weighted by molar-refractivity contribution is 5.95. The van der Waals surface area contributed by atoms with Gasteiger partial charge in [0, 0.05) is 36.6 Å². The van der Waals surface area contributed by atoms with E-state index in [1.807, 2.05) is 38.1 Å². The quantitative estimate of drug-likeness (QED) is 0.0940. The fourth-order valence-electron chi connectivity index (χ4n) is 5.11. The van der Waals surface area contributed by atoms with Crippen LogP contribution in [0.1, 0.15) is 51.5 Å². The second-order valence-electron chi connectivity index (χ2n) is 10.9. The molecule has 0 saturated carbocycles. The maximum Gasteiger partial charge on any atom is 0.326 e. The van der Waals surface area contributed by atoms with Gasteiger partial charge in [-0.05, 0) is 49.7 Å². The van der Waals surface area contributed by atoms with Crippen LogP contribution >= 0.6 is 0 Å². The molecule has 2 heterocycles. The molecule has 1 aliphatic heterocycles. The first-order chi connectivity index (χ1) is 19.5. The summed E-state index contributed by atoms with van der Waals surface area (Å²) in [6.45, 7) is 4.45. The number of para-hydroxylation sites is 1. The van der Waals surface area contributed by atoms with Crippen LogP contribution in [0.5, 0.6) is 0 Å². The van der Waals surface area contributed by atoms with Crippen molar-refractivity contribution in [3.8, 4) is 0 Å². The van der Waals surface area contributed by atoms with Crippen LogP contribution in [0.15, 0.2) is 35.5 Å². The maximum absolute atomic E-state index is 13.7. The molecule has 13 heteroatoms. The van der Waals surface area contributed by atoms with Gasteiger partial charge in [-0.25, -0.2) is 4.79 Å². The highest BCUT2D eigenvalue weighted by Crippen LogP contribution is 2.22. The topological polar surface area (TPSA) is 222 Å². The molecule has 3 rings (SSSR count). The van der Waals surface area contributed by atoms with E-state index in [-0.39, 0.29) is 18.3 Å². The van der Waals surface area contributed by atoms with Gasteiger partial charge in [-0.1, -0.05) is 32.0 Å². The van der Waals surface area contributed by atoms with E-state index in [1.165, 1.54) is 4.90 Å². The number of H-pyrrole nitrogens is 1. The van der Waals surface area contributed by atoms with Crippen LogP contribution < -0.4 is 27.8 Å². The summed E-state index contributed by atoms with van der Waals surface area (Å²) >= 11 is 0. The van der Waals surface area contributed by atoms with Crippen molar-refractivity contribution in [3.63, 3.8) is 0 Å². The fraction of sp³-hybridized carbons (Fsp3) is 0.536. The van der Waals surface area contributed by atoms with E-state index in [9.17, 15) is 24.3 Å². The van der Waals surface area contributed by atoms with E-state index in [1.54, 1.807) is 6.20 Å². The summed E-state index contributed by atoms with van der Waals surface area (Å²) in [6, 6.07) is 3.78. The first-order valence-corrected chi connectivity index (χ1v) is 14.0. The number of carbonyl (C=O) groups excluding carboxylic acids is 3. The number of rotatable bonds is 14. The summed E-state index contributed by atoms with van der Waals surface area (Å²) in [4.78, 5) is 60.4. The highest BCUT2D eigenvalue weighted by atomic mass is 16.4. The molecule has 4 atom stereocenters. The summed E-state index contributed by atoms with van der Waals surface area (Å²) < 4.78 is 0. The minimum atomic E-state index is -1.07. The number of amides is 3. The number of nitrogens with one attached hydrogen (secondary N) is 3. The minimum absolute atomic E-state index is 0.0374. The third-order valence-electron chi connectivity index (χ3n) is 7.18. The van der Waals surface area contributed by atoms with Gasteiger partial charge in [-0.15, -0.1) is 0 Å². The maximum atomic E-state index is 13.7. The van der Waals surface area contributed by atoms with E-state index in [0.29, 0.717) is 45.2 Å². The average Bonchev–Trinajstić information content (AvgIpc) is 3.57. The normalized spacial score (nSPS) is 17.2. The summed E-state index contributed by atoms with van der Waals surface area (Å²) in [5.41, 5.74) is 18.5. The molecule has 2 aromatic rings. The molecule has 10 N–H and O–H groups in total. The van der Waals surface area contributed by atoms with Gasteiger partial charge in [0.25, 0.3) is 0 Å². The van der Waals surface area contributed by atoms with Crippen LogP contribution in [0.25, 0.3) is 10.9 Å². The number of carboxylic acid groups (broad SMARTS) is 1. The molecule has 0 bridgehead atoms. The van der Waals surface area contributed by atoms with E-state index < -0.39 is 47.9 Å². The molecular weight excluding hydrogens is 528 g/mol. The lowest BCUT2D eigenvalue weighted by atomic mass is 9.99. The van der Waals surface area contributed by atoms with Crippen molar-refractivity contribution in [2.75, 3.05) is 13.1 Å². The summed E-state index contributed by atoms with van der Waals surface area (Å²) in [6.07, 6.45) is 3.94. The highest BCUT2D eigenvalue weighted by Gasteiger charge is 2.38. The van der Waals surface area contributed by atoms with Crippen LogP contribution in [-0.2, 0) is 25.6 Å². The number of fused-ring (bicyclic) bond motifs is 1. The van der Waals surface area contributed by atoms with Crippen molar-refractivity contribution >= 4 is 40.6 Å². The van der Waals surface area contributed by atoms with Crippen LogP contribution in [0.2, 0.25) is 0 Å². The van der Waals surface area contributed by atoms with Gasteiger partial charge in [0.2, 0.25) is 17.7 Å². The van der Waals surface area contributed by atoms with Crippen molar-refractivity contribution in [1.29, 1.82) is 0 Å². The second kappa shape index (κ2) is 14.5. The molecule has 0 aliphatic carbocycles. The Morgan fingerprint density at radius 2 is 1.83 bits per heavy atom. The minimum Gasteiger partial charge on any atom is -0.480 e. The molecule has 1 aromatic heterocycles. The lowest BCUT2D eigenvalue weighted by Crippen LogP contribution is -2.57. The largest absolute Gasteiger partial charge is 0.480 e. The number of aromatic amines is 1. The Morgan fingerprint density at radius 1 is 1.12 bits per heavy atom. The van der Waals surface area contributed by atoms with Crippen molar-refractivity contribution in [3.05, 3.63) is 36.0 Å². The predicted molar refractivity (Wildman–Crippen MR) is 156 cm³/mol. The Labute approximate surface area is 239 Å². The number of nitrogens with zero attached hydrogens (tertiary/aromatic N) is 2. The zero-order chi connectivity index (χ0) is 30.1. The number of nitrogens with two attached hydrogens (primary N) is 3. The van der Waals surface area contributed by atoms with Gasteiger partial charge >= 0.3 is 5.97 Å². The zero-order valence-corrected chi connectivity index (χ0v) is 23.6. The van der Waals surface area contributed by atoms with E-state index >= 15 is 0 Å². The van der Waals surface area contributed by atoms with Crippen LogP contribution in [0.3, 0.4) is 0 Å². The number of carbonyl (C=O) groups is 4. The van der Waals surface area contributed by atoms with Crippen LogP contribution in [0, 0.1) is 5.92 Å². The first-order valence-electron chi connectivity index (χ1n) is 14.0. The lowest BCUT2D eigenvalue weighted by Gasteiger charge is -2.29. The number of hydrogen-bond acceptors (Lipinski definition) is 6. The number of aliphatic imine (C=N–C) groups is 1. The Balaban J connectivity index is 1.81. The summed E-state index contributed by atoms with van der Waals surface area (Å²) in [5, 5.41) is 16.1. The fourth-order valence-corrected chi connectivity index (χ4v) is 5.11. The second-order valence-corrected chi connectivity index (χ2v) is 10.9. The van der Waals surface area contributed by atoms with Crippen LogP contribution in [0.4, 0.5) is 0 Å². The molecule has 4 unspecified atom stereocenters. The molecule has 1 fully saturated rings. The van der Waals surface area contributed by atoms with Crippen molar-refractivity contribution in [2.45, 2.75) is 76.5 Å². The number of likely N-dealkylation sites (tertiary alicyclic amines) is 1. The van der Waals surface area contributed by atoms with E-state index in [2.05, 4.69) is 20.6 Å². The van der Waals surface area contributed by atoms with Crippen LogP contribution in [-0.4, -0.2) is 81.9 Å². The molecule has 1 saturated heterocycles. The summed E-state index contributed by atoms with van der Waals surface area (Å²) in [5.74, 6) is -2.59. The zero-order valence-electron chi connectivity index (χ0n) is 23.6. The number of aromatic nitrogens is 1. The molecular formula is C28H42N8O5. The summed E-state index contributed by atoms with van der Waals surface area (Å²) in [7, 11) is 0. The van der Waals surface area contributed by atoms with Gasteiger partial charge in [0.15, 0.2) is 5.96 Å². The SMILES string of the molecule is CC(C)CC(NC(=O)C(Cc1c[nH]c2ccccc12)NC(=O)C(N)CCCN=C(N)N)C(=O)N1CCCC1C(=O)O. The number of hydrogen-bond donors (Lipinski definition) is 7. The molecule has 224 valence electrons.